The summed E-state index contributed by atoms with van der Waals surface area (Å²) in [7, 11) is -1.58. The predicted molar refractivity (Wildman–Crippen MR) is 106 cm³/mol. The van der Waals surface area contributed by atoms with Gasteiger partial charge in [0.2, 0.25) is 0 Å². The maximum atomic E-state index is 10.8. The molecule has 0 radical (unpaired) electrons. The zero-order chi connectivity index (χ0) is 18.8. The third-order valence-corrected chi connectivity index (χ3v) is 12.8. The molecule has 0 saturated carbocycles. The van der Waals surface area contributed by atoms with Gasteiger partial charge in [-0.15, -0.1) is 0 Å². The Balaban J connectivity index is 2.23. The van der Waals surface area contributed by atoms with Crippen molar-refractivity contribution in [3.05, 3.63) is 51.2 Å². The van der Waals surface area contributed by atoms with E-state index in [1.165, 1.54) is 5.57 Å². The molecule has 138 valence electrons. The molecule has 0 amide bonds. The first kappa shape index (κ1) is 19.9. The molecule has 0 unspecified atom stereocenters. The first-order valence-corrected chi connectivity index (χ1v) is 11.6. The Labute approximate surface area is 152 Å². The van der Waals surface area contributed by atoms with Gasteiger partial charge in [0.1, 0.15) is 0 Å². The molecule has 1 heterocycles. The van der Waals surface area contributed by atoms with E-state index in [2.05, 4.69) is 47.2 Å². The van der Waals surface area contributed by atoms with Crippen LogP contribution in [0.3, 0.4) is 0 Å². The summed E-state index contributed by atoms with van der Waals surface area (Å²) in [6.07, 6.45) is 0.920. The van der Waals surface area contributed by atoms with Gasteiger partial charge in [-0.3, -0.25) is 10.1 Å². The Kier molecular flexibility index (Phi) is 6.22. The van der Waals surface area contributed by atoms with Crippen LogP contribution in [0.5, 0.6) is 0 Å². The van der Waals surface area contributed by atoms with Gasteiger partial charge in [0.05, 0.1) is 25.7 Å². The Morgan fingerprint density at radius 3 is 2.04 bits per heavy atom. The molecule has 5 heteroatoms. The van der Waals surface area contributed by atoms with Crippen LogP contribution in [-0.4, -0.2) is 19.6 Å². The first-order chi connectivity index (χ1) is 11.7. The molecular formula is C20H31NO3Si. The van der Waals surface area contributed by atoms with Crippen LogP contribution in [0.2, 0.25) is 16.6 Å². The highest BCUT2D eigenvalue weighted by atomic mass is 28.3. The molecule has 1 fully saturated rings. The summed E-state index contributed by atoms with van der Waals surface area (Å²) < 4.78 is 6.02. The van der Waals surface area contributed by atoms with E-state index in [9.17, 15) is 10.1 Å². The topological polar surface area (TPSA) is 52.4 Å². The molecule has 1 aromatic carbocycles. The molecule has 4 nitrogen and oxygen atoms in total. The lowest BCUT2D eigenvalue weighted by molar-refractivity contribution is -0.384. The third-order valence-electron chi connectivity index (χ3n) is 5.85. The van der Waals surface area contributed by atoms with Gasteiger partial charge in [-0.25, -0.2) is 0 Å². The molecule has 0 spiro atoms. The highest BCUT2D eigenvalue weighted by Crippen LogP contribution is 2.45. The average Bonchev–Trinajstić information content (AvgIpc) is 3.00. The molecule has 1 atom stereocenters. The van der Waals surface area contributed by atoms with Crippen LogP contribution in [0.1, 0.15) is 59.6 Å². The fourth-order valence-corrected chi connectivity index (χ4v) is 10.5. The van der Waals surface area contributed by atoms with Crippen LogP contribution in [0.25, 0.3) is 0 Å². The van der Waals surface area contributed by atoms with Crippen LogP contribution < -0.4 is 0 Å². The highest BCUT2D eigenvalue weighted by molar-refractivity contribution is 6.88. The van der Waals surface area contributed by atoms with Crippen LogP contribution in [0, 0.1) is 10.1 Å². The molecule has 1 aromatic rings. The fourth-order valence-electron chi connectivity index (χ4n) is 4.54. The largest absolute Gasteiger partial charge is 0.369 e. The summed E-state index contributed by atoms with van der Waals surface area (Å²) in [5, 5.41) is 10.8. The number of ether oxygens (including phenoxy) is 1. The molecule has 2 rings (SSSR count). The lowest BCUT2D eigenvalue weighted by Gasteiger charge is -2.41. The molecule has 0 aliphatic carbocycles. The first-order valence-electron chi connectivity index (χ1n) is 9.25. The molecule has 0 N–H and O–H groups in total. The Morgan fingerprint density at radius 2 is 1.60 bits per heavy atom. The number of nitrogens with zero attached hydrogens (tertiary/aromatic N) is 1. The van der Waals surface area contributed by atoms with Gasteiger partial charge in [-0.1, -0.05) is 47.2 Å². The average molecular weight is 362 g/mol. The van der Waals surface area contributed by atoms with Gasteiger partial charge >= 0.3 is 0 Å². The quantitative estimate of drug-likeness (QED) is 0.344. The minimum absolute atomic E-state index is 0.0187. The summed E-state index contributed by atoms with van der Waals surface area (Å²) in [4.78, 5) is 10.4. The van der Waals surface area contributed by atoms with Crippen molar-refractivity contribution < 1.29 is 9.66 Å². The molecule has 0 bridgehead atoms. The zero-order valence-electron chi connectivity index (χ0n) is 16.3. The van der Waals surface area contributed by atoms with E-state index in [0.29, 0.717) is 23.2 Å². The van der Waals surface area contributed by atoms with E-state index in [1.807, 2.05) is 12.1 Å². The molecular weight excluding hydrogens is 330 g/mol. The van der Waals surface area contributed by atoms with Crippen molar-refractivity contribution in [1.82, 2.24) is 0 Å². The van der Waals surface area contributed by atoms with Crippen molar-refractivity contribution >= 4 is 13.8 Å². The Hall–Kier alpha value is -1.46. The third kappa shape index (κ3) is 4.03. The number of nitro groups is 1. The van der Waals surface area contributed by atoms with Gasteiger partial charge in [0.15, 0.2) is 0 Å². The molecule has 1 aliphatic rings. The Bertz CT molecular complexity index is 613. The van der Waals surface area contributed by atoms with E-state index >= 15 is 0 Å². The number of hydrogen-bond donors (Lipinski definition) is 0. The van der Waals surface area contributed by atoms with Crippen molar-refractivity contribution in [2.45, 2.75) is 70.7 Å². The maximum absolute atomic E-state index is 10.8. The highest BCUT2D eigenvalue weighted by Gasteiger charge is 2.41. The lowest BCUT2D eigenvalue weighted by Crippen LogP contribution is -2.43. The number of rotatable bonds is 6. The Morgan fingerprint density at radius 1 is 1.08 bits per heavy atom. The number of nitro benzene ring substituents is 1. The van der Waals surface area contributed by atoms with Crippen molar-refractivity contribution in [3.63, 3.8) is 0 Å². The second-order valence-electron chi connectivity index (χ2n) is 8.12. The summed E-state index contributed by atoms with van der Waals surface area (Å²) in [6.45, 7) is 14.9. The van der Waals surface area contributed by atoms with E-state index in [1.54, 1.807) is 12.1 Å². The van der Waals surface area contributed by atoms with E-state index < -0.39 is 8.07 Å². The van der Waals surface area contributed by atoms with E-state index in [-0.39, 0.29) is 16.7 Å². The normalized spacial score (nSPS) is 20.2. The van der Waals surface area contributed by atoms with Crippen molar-refractivity contribution in [2.24, 2.45) is 0 Å². The lowest BCUT2D eigenvalue weighted by atomic mass is 10.1. The second kappa shape index (κ2) is 7.83. The van der Waals surface area contributed by atoms with Crippen molar-refractivity contribution in [2.75, 3.05) is 6.61 Å². The van der Waals surface area contributed by atoms with Gasteiger partial charge < -0.3 is 4.74 Å². The van der Waals surface area contributed by atoms with Gasteiger partial charge in [-0.2, -0.15) is 0 Å². The summed E-state index contributed by atoms with van der Waals surface area (Å²) >= 11 is 0. The minimum atomic E-state index is -1.58. The van der Waals surface area contributed by atoms with E-state index in [0.717, 1.165) is 12.0 Å². The summed E-state index contributed by atoms with van der Waals surface area (Å²) in [5.41, 5.74) is 7.25. The van der Waals surface area contributed by atoms with Gasteiger partial charge in [0, 0.05) is 18.6 Å². The SMILES string of the molecule is CC(C)[Si](/C=C1\CO[C@H](c2ccc([N+](=O)[O-])cc2)C1)(C(C)C)C(C)C. The number of benzene rings is 1. The van der Waals surface area contributed by atoms with Crippen molar-refractivity contribution in [3.8, 4) is 0 Å². The molecule has 0 aromatic heterocycles. The molecule has 25 heavy (non-hydrogen) atoms. The van der Waals surface area contributed by atoms with Crippen LogP contribution in [0.15, 0.2) is 35.5 Å². The smallest absolute Gasteiger partial charge is 0.269 e. The monoisotopic (exact) mass is 361 g/mol. The van der Waals surface area contributed by atoms with Crippen LogP contribution in [0.4, 0.5) is 5.69 Å². The van der Waals surface area contributed by atoms with Gasteiger partial charge in [0.25, 0.3) is 5.69 Å². The maximum Gasteiger partial charge on any atom is 0.269 e. The molecule has 1 saturated heterocycles. The summed E-state index contributed by atoms with van der Waals surface area (Å²) in [6, 6.07) is 6.78. The minimum Gasteiger partial charge on any atom is -0.369 e. The standard InChI is InChI=1S/C20H31NO3Si/c1-14(2)25(15(3)4,16(5)6)13-17-11-20(24-12-17)18-7-9-19(10-8-18)21(22)23/h7-10,13-16,20H,11-12H2,1-6H3/b17-13-/t20-/m0/s1. The van der Waals surface area contributed by atoms with Crippen LogP contribution in [-0.2, 0) is 4.74 Å². The van der Waals surface area contributed by atoms with E-state index in [4.69, 9.17) is 4.74 Å². The molecule has 1 aliphatic heterocycles. The van der Waals surface area contributed by atoms with Crippen molar-refractivity contribution in [1.29, 1.82) is 0 Å². The summed E-state index contributed by atoms with van der Waals surface area (Å²) in [5.74, 6) is 0. The number of non-ortho nitro benzene ring substituents is 1. The van der Waals surface area contributed by atoms with Gasteiger partial charge in [-0.05, 0) is 39.9 Å². The fraction of sp³-hybridized carbons (Fsp3) is 0.600. The number of hydrogen-bond acceptors (Lipinski definition) is 3. The predicted octanol–water partition coefficient (Wildman–Crippen LogP) is 6.20. The zero-order valence-corrected chi connectivity index (χ0v) is 17.3. The second-order valence-corrected chi connectivity index (χ2v) is 13.9. The van der Waals surface area contributed by atoms with Crippen LogP contribution >= 0.6 is 0 Å².